The van der Waals surface area contributed by atoms with E-state index in [1.807, 2.05) is 84.9 Å². The summed E-state index contributed by atoms with van der Waals surface area (Å²) in [6.07, 6.45) is 8.57. The molecule has 5 aromatic heterocycles. The summed E-state index contributed by atoms with van der Waals surface area (Å²) in [6.45, 7) is 4.01. The van der Waals surface area contributed by atoms with Crippen LogP contribution in [-0.4, -0.2) is 39.4 Å². The lowest BCUT2D eigenvalue weighted by molar-refractivity contribution is 0.309. The predicted octanol–water partition coefficient (Wildman–Crippen LogP) is 7.24. The normalized spacial score (nSPS) is 11.0. The van der Waals surface area contributed by atoms with Crippen LogP contribution in [0.15, 0.2) is 85.7 Å². The molecule has 0 bridgehead atoms. The molecular formula is C33H28Cl2N8O2. The van der Waals surface area contributed by atoms with Gasteiger partial charge in [-0.25, -0.2) is 19.9 Å². The summed E-state index contributed by atoms with van der Waals surface area (Å²) in [6, 6.07) is 17.2. The summed E-state index contributed by atoms with van der Waals surface area (Å²) < 4.78 is 9.79. The smallest absolute Gasteiger partial charge is 0.146 e. The van der Waals surface area contributed by atoms with Gasteiger partial charge in [0, 0.05) is 65.1 Å². The van der Waals surface area contributed by atoms with Crippen LogP contribution in [0.1, 0.15) is 17.0 Å². The van der Waals surface area contributed by atoms with E-state index in [1.165, 1.54) is 6.20 Å². The highest BCUT2D eigenvalue weighted by molar-refractivity contribution is 6.37. The topological polar surface area (TPSA) is 130 Å². The van der Waals surface area contributed by atoms with Crippen molar-refractivity contribution in [3.8, 4) is 28.4 Å². The van der Waals surface area contributed by atoms with E-state index in [-0.39, 0.29) is 18.2 Å². The standard InChI is InChI=1S/C20H17Cl2N5O.C13H11N3O/c1-11-8-13(16-6-7-25-27(16)2)12-4-3-5-17(19(12)26-11)28-10-14-15(21)9-24-20(23)18(14)22;1-9-7-11(16-6-5-14-8-16)10-3-2-4-12(17)13(10)15-9/h3-9H,10H2,1-2H3,(H2,23,24);2-8,17H,1H3. The van der Waals surface area contributed by atoms with Gasteiger partial charge < -0.3 is 20.1 Å². The predicted molar refractivity (Wildman–Crippen MR) is 177 cm³/mol. The van der Waals surface area contributed by atoms with Gasteiger partial charge in [0.1, 0.15) is 35.0 Å². The third-order valence-corrected chi connectivity index (χ3v) is 7.95. The average molecular weight is 640 g/mol. The van der Waals surface area contributed by atoms with Gasteiger partial charge in [0.15, 0.2) is 0 Å². The lowest BCUT2D eigenvalue weighted by Crippen LogP contribution is -2.03. The first kappa shape index (κ1) is 29.9. The number of rotatable bonds is 5. The number of phenols is 1. The summed E-state index contributed by atoms with van der Waals surface area (Å²) in [7, 11) is 1.91. The molecule has 0 saturated heterocycles. The Balaban J connectivity index is 0.000000179. The summed E-state index contributed by atoms with van der Waals surface area (Å²) in [5, 5.41) is 16.7. The number of hydrogen-bond donors (Lipinski definition) is 2. The third-order valence-electron chi connectivity index (χ3n) is 7.20. The monoisotopic (exact) mass is 638 g/mol. The van der Waals surface area contributed by atoms with Crippen LogP contribution in [0.5, 0.6) is 11.5 Å². The zero-order valence-electron chi connectivity index (χ0n) is 24.6. The number of fused-ring (bicyclic) bond motifs is 2. The van der Waals surface area contributed by atoms with E-state index in [4.69, 9.17) is 38.7 Å². The number of benzene rings is 2. The molecule has 0 fully saturated rings. The van der Waals surface area contributed by atoms with Crippen molar-refractivity contribution in [2.45, 2.75) is 20.5 Å². The van der Waals surface area contributed by atoms with E-state index >= 15 is 0 Å². The summed E-state index contributed by atoms with van der Waals surface area (Å²) >= 11 is 12.5. The average Bonchev–Trinajstić information content (AvgIpc) is 3.72. The van der Waals surface area contributed by atoms with Gasteiger partial charge in [0.05, 0.1) is 27.8 Å². The number of aromatic nitrogens is 7. The van der Waals surface area contributed by atoms with Crippen LogP contribution in [0.2, 0.25) is 10.0 Å². The van der Waals surface area contributed by atoms with Crippen molar-refractivity contribution in [3.05, 3.63) is 113 Å². The summed E-state index contributed by atoms with van der Waals surface area (Å²) in [5.74, 6) is 1.05. The maximum atomic E-state index is 9.83. The van der Waals surface area contributed by atoms with Gasteiger partial charge in [-0.05, 0) is 44.2 Å². The third kappa shape index (κ3) is 5.98. The number of nitrogen functional groups attached to an aromatic ring is 1. The zero-order valence-corrected chi connectivity index (χ0v) is 26.1. The van der Waals surface area contributed by atoms with Gasteiger partial charge in [0.2, 0.25) is 0 Å². The van der Waals surface area contributed by atoms with Gasteiger partial charge in [0.25, 0.3) is 0 Å². The molecule has 226 valence electrons. The quantitative estimate of drug-likeness (QED) is 0.202. The lowest BCUT2D eigenvalue weighted by Gasteiger charge is -2.14. The molecule has 0 aliphatic rings. The van der Waals surface area contributed by atoms with E-state index in [0.29, 0.717) is 26.9 Å². The Morgan fingerprint density at radius 3 is 2.44 bits per heavy atom. The molecule has 0 saturated carbocycles. The number of phenolic OH excluding ortho intramolecular Hbond substituents is 1. The lowest BCUT2D eigenvalue weighted by atomic mass is 10.0. The largest absolute Gasteiger partial charge is 0.506 e. The van der Waals surface area contributed by atoms with Crippen LogP contribution in [0.25, 0.3) is 38.8 Å². The van der Waals surface area contributed by atoms with Crippen LogP contribution in [-0.2, 0) is 13.7 Å². The number of nitrogens with zero attached hydrogens (tertiary/aromatic N) is 7. The van der Waals surface area contributed by atoms with E-state index in [0.717, 1.165) is 44.6 Å². The number of ether oxygens (including phenoxy) is 1. The molecule has 0 amide bonds. The van der Waals surface area contributed by atoms with Crippen molar-refractivity contribution in [1.82, 2.24) is 34.3 Å². The highest BCUT2D eigenvalue weighted by Gasteiger charge is 2.15. The number of imidazole rings is 1. The van der Waals surface area contributed by atoms with E-state index in [1.54, 1.807) is 24.8 Å². The van der Waals surface area contributed by atoms with Gasteiger partial charge in [-0.15, -0.1) is 0 Å². The first-order valence-corrected chi connectivity index (χ1v) is 14.6. The summed E-state index contributed by atoms with van der Waals surface area (Å²) in [5.41, 5.74) is 12.5. The molecule has 0 unspecified atom stereocenters. The Bertz CT molecular complexity index is 2160. The SMILES string of the molecule is Cc1cc(-c2ccnn2C)c2cccc(OCc3c(Cl)cnc(N)c3Cl)c2n1.Cc1cc(-n2ccnc2)c2cccc(O)c2n1. The van der Waals surface area contributed by atoms with Gasteiger partial charge >= 0.3 is 0 Å². The number of para-hydroxylation sites is 2. The number of nitrogens with two attached hydrogens (primary N) is 1. The van der Waals surface area contributed by atoms with Gasteiger partial charge in [-0.3, -0.25) is 4.68 Å². The second-order valence-corrected chi connectivity index (χ2v) is 11.1. The fourth-order valence-corrected chi connectivity index (χ4v) is 5.53. The number of aryl methyl sites for hydroxylation is 3. The van der Waals surface area contributed by atoms with Crippen LogP contribution in [0, 0.1) is 13.8 Å². The van der Waals surface area contributed by atoms with E-state index < -0.39 is 0 Å². The highest BCUT2D eigenvalue weighted by atomic mass is 35.5. The minimum absolute atomic E-state index is 0.153. The van der Waals surface area contributed by atoms with Crippen LogP contribution < -0.4 is 10.5 Å². The van der Waals surface area contributed by atoms with Gasteiger partial charge in [-0.2, -0.15) is 5.10 Å². The molecule has 2 aromatic carbocycles. The molecule has 7 aromatic rings. The zero-order chi connectivity index (χ0) is 31.7. The van der Waals surface area contributed by atoms with Crippen LogP contribution in [0.4, 0.5) is 5.82 Å². The maximum Gasteiger partial charge on any atom is 0.146 e. The van der Waals surface area contributed by atoms with Crippen LogP contribution >= 0.6 is 23.2 Å². The van der Waals surface area contributed by atoms with E-state index in [9.17, 15) is 5.11 Å². The van der Waals surface area contributed by atoms with Crippen molar-refractivity contribution in [1.29, 1.82) is 0 Å². The molecule has 0 aliphatic carbocycles. The Hall–Kier alpha value is -5.19. The Morgan fingerprint density at radius 1 is 0.933 bits per heavy atom. The number of aromatic hydroxyl groups is 1. The molecule has 0 radical (unpaired) electrons. The first-order valence-electron chi connectivity index (χ1n) is 13.9. The molecule has 7 rings (SSSR count). The molecule has 5 heterocycles. The molecule has 3 N–H and O–H groups in total. The minimum atomic E-state index is 0.153. The fourth-order valence-electron chi connectivity index (χ4n) is 5.07. The number of pyridine rings is 3. The second kappa shape index (κ2) is 12.4. The molecule has 0 atom stereocenters. The molecule has 0 aliphatic heterocycles. The highest BCUT2D eigenvalue weighted by Crippen LogP contribution is 2.35. The van der Waals surface area contributed by atoms with Gasteiger partial charge in [-0.1, -0.05) is 47.5 Å². The Morgan fingerprint density at radius 2 is 1.69 bits per heavy atom. The second-order valence-electron chi connectivity index (χ2n) is 10.3. The van der Waals surface area contributed by atoms with Crippen molar-refractivity contribution in [2.75, 3.05) is 5.73 Å². The number of halogens is 2. The number of anilines is 1. The van der Waals surface area contributed by atoms with Crippen molar-refractivity contribution in [3.63, 3.8) is 0 Å². The molecule has 12 heteroatoms. The molecule has 10 nitrogen and oxygen atoms in total. The van der Waals surface area contributed by atoms with E-state index in [2.05, 4.69) is 20.1 Å². The van der Waals surface area contributed by atoms with Crippen molar-refractivity contribution < 1.29 is 9.84 Å². The Kier molecular flexibility index (Phi) is 8.25. The molecular weight excluding hydrogens is 611 g/mol. The fraction of sp³-hybridized carbons (Fsp3) is 0.121. The maximum absolute atomic E-state index is 9.83. The Labute approximate surface area is 268 Å². The minimum Gasteiger partial charge on any atom is -0.506 e. The van der Waals surface area contributed by atoms with Crippen molar-refractivity contribution in [2.24, 2.45) is 7.05 Å². The molecule has 45 heavy (non-hydrogen) atoms. The number of hydrogen-bond acceptors (Lipinski definition) is 8. The first-order chi connectivity index (χ1) is 21.7. The summed E-state index contributed by atoms with van der Waals surface area (Å²) in [4.78, 5) is 17.0. The van der Waals surface area contributed by atoms with Crippen molar-refractivity contribution >= 4 is 50.8 Å². The van der Waals surface area contributed by atoms with Crippen LogP contribution in [0.3, 0.4) is 0 Å². The molecule has 0 spiro atoms.